The first-order valence-corrected chi connectivity index (χ1v) is 9.36. The molecule has 0 aliphatic heterocycles. The number of anilines is 2. The monoisotopic (exact) mass is 357 g/mol. The quantitative estimate of drug-likeness (QED) is 0.545. The van der Waals surface area contributed by atoms with E-state index in [0.717, 1.165) is 20.2 Å². The van der Waals surface area contributed by atoms with Crippen LogP contribution in [-0.4, -0.2) is 9.97 Å². The van der Waals surface area contributed by atoms with Gasteiger partial charge in [0, 0.05) is 12.4 Å². The molecule has 0 fully saturated rings. The van der Waals surface area contributed by atoms with E-state index in [9.17, 15) is 0 Å². The molecular formula is C22H20N3P. The minimum atomic E-state index is 0.777. The van der Waals surface area contributed by atoms with Crippen molar-refractivity contribution in [3.05, 3.63) is 109 Å². The van der Waals surface area contributed by atoms with Crippen LogP contribution in [0.5, 0.6) is 0 Å². The summed E-state index contributed by atoms with van der Waals surface area (Å²) < 4.78 is 0. The number of rotatable bonds is 4. The van der Waals surface area contributed by atoms with Crippen molar-refractivity contribution in [3.8, 4) is 0 Å². The summed E-state index contributed by atoms with van der Waals surface area (Å²) in [5.74, 6) is 1.61. The van der Waals surface area contributed by atoms with Gasteiger partial charge in [-0.25, -0.2) is 9.97 Å². The molecule has 0 saturated heterocycles. The van der Waals surface area contributed by atoms with Crippen LogP contribution in [0.3, 0.4) is 0 Å². The van der Waals surface area contributed by atoms with Gasteiger partial charge in [-0.15, -0.1) is 0 Å². The van der Waals surface area contributed by atoms with Gasteiger partial charge in [0.25, 0.3) is 0 Å². The highest BCUT2D eigenvalue weighted by Gasteiger charge is 1.93. The molecular weight excluding hydrogens is 337 g/mol. The Hall–Kier alpha value is -3.03. The minimum Gasteiger partial charge on any atom is -0.325 e. The lowest BCUT2D eigenvalue weighted by Crippen LogP contribution is -2.01. The molecule has 0 atom stereocenters. The summed E-state index contributed by atoms with van der Waals surface area (Å²) in [6.07, 6.45) is 3.48. The summed E-state index contributed by atoms with van der Waals surface area (Å²) in [7, 11) is 0.777. The molecule has 4 rings (SSSR count). The molecule has 0 radical (unpaired) electrons. The van der Waals surface area contributed by atoms with Crippen molar-refractivity contribution < 1.29 is 0 Å². The number of nitrogens with zero attached hydrogens (tertiary/aromatic N) is 2. The zero-order valence-electron chi connectivity index (χ0n) is 14.3. The van der Waals surface area contributed by atoms with Gasteiger partial charge in [-0.05, 0) is 34.9 Å². The summed E-state index contributed by atoms with van der Waals surface area (Å²) in [5, 5.41) is 5.88. The van der Waals surface area contributed by atoms with E-state index in [-0.39, 0.29) is 0 Å². The fraction of sp³-hybridized carbons (Fsp3) is 0. The Kier molecular flexibility index (Phi) is 6.89. The number of pyridine rings is 2. The van der Waals surface area contributed by atoms with E-state index in [0.29, 0.717) is 0 Å². The lowest BCUT2D eigenvalue weighted by Gasteiger charge is -2.02. The fourth-order valence-corrected chi connectivity index (χ4v) is 3.27. The van der Waals surface area contributed by atoms with Gasteiger partial charge in [-0.2, -0.15) is 0 Å². The van der Waals surface area contributed by atoms with Gasteiger partial charge in [-0.1, -0.05) is 81.4 Å². The van der Waals surface area contributed by atoms with Gasteiger partial charge < -0.3 is 5.32 Å². The molecule has 2 aromatic carbocycles. The second-order valence-corrected chi connectivity index (χ2v) is 6.82. The SMILES string of the molecule is c1ccc(Nc2ccccn2)nc1.c1ccc(Pc2ccccc2)cc1. The highest BCUT2D eigenvalue weighted by atomic mass is 31.1. The first-order chi connectivity index (χ1) is 12.9. The standard InChI is InChI=1S/C12H11P.C10H9N3/c1-3-7-11(8-4-1)13-12-9-5-2-6-10-12;1-3-7-11-9(5-1)13-10-6-2-4-8-12-10/h1-10,13H;1-8H,(H,11,12,13). The van der Waals surface area contributed by atoms with Crippen molar-refractivity contribution in [2.45, 2.75) is 0 Å². The Balaban J connectivity index is 0.000000151. The van der Waals surface area contributed by atoms with E-state index in [4.69, 9.17) is 0 Å². The molecule has 26 heavy (non-hydrogen) atoms. The third-order valence-corrected chi connectivity index (χ3v) is 4.67. The largest absolute Gasteiger partial charge is 0.325 e. The lowest BCUT2D eigenvalue weighted by molar-refractivity contribution is 1.25. The molecule has 2 heterocycles. The van der Waals surface area contributed by atoms with Crippen LogP contribution in [0.15, 0.2) is 109 Å². The van der Waals surface area contributed by atoms with E-state index in [2.05, 4.69) is 75.9 Å². The lowest BCUT2D eigenvalue weighted by atomic mass is 10.4. The van der Waals surface area contributed by atoms with Gasteiger partial charge in [0.15, 0.2) is 0 Å². The second-order valence-electron chi connectivity index (χ2n) is 5.41. The van der Waals surface area contributed by atoms with Crippen molar-refractivity contribution >= 4 is 30.8 Å². The Labute approximate surface area is 156 Å². The first-order valence-electron chi connectivity index (χ1n) is 8.36. The average Bonchev–Trinajstić information content (AvgIpc) is 2.72. The van der Waals surface area contributed by atoms with Crippen molar-refractivity contribution in [2.75, 3.05) is 5.32 Å². The normalized spacial score (nSPS) is 9.69. The number of hydrogen-bond donors (Lipinski definition) is 1. The predicted molar refractivity (Wildman–Crippen MR) is 112 cm³/mol. The molecule has 4 aromatic rings. The van der Waals surface area contributed by atoms with E-state index in [1.54, 1.807) is 12.4 Å². The maximum Gasteiger partial charge on any atom is 0.131 e. The number of hydrogen-bond acceptors (Lipinski definition) is 3. The van der Waals surface area contributed by atoms with Crippen molar-refractivity contribution in [3.63, 3.8) is 0 Å². The Morgan fingerprint density at radius 3 is 1.31 bits per heavy atom. The zero-order valence-corrected chi connectivity index (χ0v) is 15.3. The molecule has 0 aliphatic carbocycles. The van der Waals surface area contributed by atoms with Crippen LogP contribution in [0.1, 0.15) is 0 Å². The second kappa shape index (κ2) is 10.1. The van der Waals surface area contributed by atoms with Crippen molar-refractivity contribution in [1.29, 1.82) is 0 Å². The topological polar surface area (TPSA) is 37.8 Å². The summed E-state index contributed by atoms with van der Waals surface area (Å²) >= 11 is 0. The summed E-state index contributed by atoms with van der Waals surface area (Å²) in [4.78, 5) is 8.25. The summed E-state index contributed by atoms with van der Waals surface area (Å²) in [5.41, 5.74) is 0. The highest BCUT2D eigenvalue weighted by molar-refractivity contribution is 7.55. The maximum absolute atomic E-state index is 4.12. The Morgan fingerprint density at radius 1 is 0.500 bits per heavy atom. The van der Waals surface area contributed by atoms with Crippen molar-refractivity contribution in [1.82, 2.24) is 9.97 Å². The van der Waals surface area contributed by atoms with Crippen LogP contribution in [0.25, 0.3) is 0 Å². The molecule has 0 spiro atoms. The number of nitrogens with one attached hydrogen (secondary N) is 1. The predicted octanol–water partition coefficient (Wildman–Crippen LogP) is 4.54. The summed E-state index contributed by atoms with van der Waals surface area (Å²) in [6.45, 7) is 0. The van der Waals surface area contributed by atoms with Crippen LogP contribution < -0.4 is 15.9 Å². The van der Waals surface area contributed by atoms with Crippen LogP contribution in [0.4, 0.5) is 11.6 Å². The molecule has 3 nitrogen and oxygen atoms in total. The maximum atomic E-state index is 4.12. The van der Waals surface area contributed by atoms with Gasteiger partial charge in [0.05, 0.1) is 0 Å². The minimum absolute atomic E-state index is 0.777. The van der Waals surface area contributed by atoms with Gasteiger partial charge >= 0.3 is 0 Å². The van der Waals surface area contributed by atoms with Crippen LogP contribution in [0.2, 0.25) is 0 Å². The molecule has 0 aliphatic rings. The Bertz CT molecular complexity index is 718. The molecule has 1 N–H and O–H groups in total. The van der Waals surface area contributed by atoms with E-state index in [1.807, 2.05) is 36.4 Å². The third-order valence-electron chi connectivity index (χ3n) is 3.42. The summed E-state index contributed by atoms with van der Waals surface area (Å²) in [6, 6.07) is 32.6. The molecule has 0 amide bonds. The number of benzene rings is 2. The molecule has 0 unspecified atom stereocenters. The van der Waals surface area contributed by atoms with Crippen LogP contribution in [0, 0.1) is 0 Å². The van der Waals surface area contributed by atoms with Gasteiger partial charge in [0.1, 0.15) is 11.6 Å². The van der Waals surface area contributed by atoms with Crippen molar-refractivity contribution in [2.24, 2.45) is 0 Å². The van der Waals surface area contributed by atoms with Gasteiger partial charge in [-0.3, -0.25) is 0 Å². The van der Waals surface area contributed by atoms with E-state index >= 15 is 0 Å². The molecule has 128 valence electrons. The smallest absolute Gasteiger partial charge is 0.131 e. The first kappa shape index (κ1) is 17.8. The third kappa shape index (κ3) is 6.12. The number of aromatic nitrogens is 2. The molecule has 0 saturated carbocycles. The molecule has 0 bridgehead atoms. The zero-order chi connectivity index (χ0) is 17.9. The average molecular weight is 357 g/mol. The highest BCUT2D eigenvalue weighted by Crippen LogP contribution is 2.09. The van der Waals surface area contributed by atoms with E-state index < -0.39 is 0 Å². The van der Waals surface area contributed by atoms with Gasteiger partial charge in [0.2, 0.25) is 0 Å². The molecule has 2 aromatic heterocycles. The van der Waals surface area contributed by atoms with E-state index in [1.165, 1.54) is 10.6 Å². The van der Waals surface area contributed by atoms with Crippen LogP contribution >= 0.6 is 8.58 Å². The fourth-order valence-electron chi connectivity index (χ4n) is 2.21. The van der Waals surface area contributed by atoms with Crippen LogP contribution in [-0.2, 0) is 0 Å². The Morgan fingerprint density at radius 2 is 0.923 bits per heavy atom. The molecule has 4 heteroatoms.